The Labute approximate surface area is 133 Å². The summed E-state index contributed by atoms with van der Waals surface area (Å²) in [6.07, 6.45) is -4.40. The molecule has 2 aromatic rings. The lowest BCUT2D eigenvalue weighted by Crippen LogP contribution is -2.07. The SMILES string of the molecule is COCOc1ccc(C(F)(F)F)cc1-c1ccccc1C(C)C. The van der Waals surface area contributed by atoms with Crippen molar-refractivity contribution in [3.8, 4) is 16.9 Å². The Balaban J connectivity index is 2.62. The van der Waals surface area contributed by atoms with Crippen molar-refractivity contribution in [2.75, 3.05) is 13.9 Å². The van der Waals surface area contributed by atoms with Crippen molar-refractivity contribution in [3.05, 3.63) is 53.6 Å². The Bertz CT molecular complexity index is 664. The minimum atomic E-state index is -4.40. The Morgan fingerprint density at radius 1 is 1.00 bits per heavy atom. The van der Waals surface area contributed by atoms with Crippen LogP contribution < -0.4 is 4.74 Å². The molecule has 0 amide bonds. The van der Waals surface area contributed by atoms with Gasteiger partial charge in [0.2, 0.25) is 0 Å². The zero-order chi connectivity index (χ0) is 17.0. The summed E-state index contributed by atoms with van der Waals surface area (Å²) in [5.74, 6) is 0.545. The summed E-state index contributed by atoms with van der Waals surface area (Å²) in [7, 11) is 1.46. The predicted molar refractivity (Wildman–Crippen MR) is 83.5 cm³/mol. The summed E-state index contributed by atoms with van der Waals surface area (Å²) in [6, 6.07) is 10.9. The van der Waals surface area contributed by atoms with Gasteiger partial charge in [0, 0.05) is 12.7 Å². The van der Waals surface area contributed by atoms with Crippen molar-refractivity contribution in [2.24, 2.45) is 0 Å². The summed E-state index contributed by atoms with van der Waals surface area (Å²) < 4.78 is 49.5. The van der Waals surface area contributed by atoms with Crippen molar-refractivity contribution in [3.63, 3.8) is 0 Å². The number of halogens is 3. The molecule has 0 aliphatic carbocycles. The molecule has 2 aromatic carbocycles. The first kappa shape index (κ1) is 17.3. The molecule has 0 atom stereocenters. The lowest BCUT2D eigenvalue weighted by molar-refractivity contribution is -0.137. The average Bonchev–Trinajstić information content (AvgIpc) is 2.51. The fraction of sp³-hybridized carbons (Fsp3) is 0.333. The first-order chi connectivity index (χ1) is 10.8. The molecule has 0 N–H and O–H groups in total. The summed E-state index contributed by atoms with van der Waals surface area (Å²) >= 11 is 0. The van der Waals surface area contributed by atoms with Crippen LogP contribution >= 0.6 is 0 Å². The van der Waals surface area contributed by atoms with Gasteiger partial charge >= 0.3 is 6.18 Å². The van der Waals surface area contributed by atoms with Crippen LogP contribution in [0, 0.1) is 0 Å². The fourth-order valence-electron chi connectivity index (χ4n) is 2.41. The van der Waals surface area contributed by atoms with E-state index in [0.29, 0.717) is 11.3 Å². The van der Waals surface area contributed by atoms with Gasteiger partial charge in [0.1, 0.15) is 5.75 Å². The van der Waals surface area contributed by atoms with E-state index in [1.54, 1.807) is 0 Å². The van der Waals surface area contributed by atoms with Crippen LogP contribution in [0.4, 0.5) is 13.2 Å². The van der Waals surface area contributed by atoms with E-state index in [9.17, 15) is 13.2 Å². The smallest absolute Gasteiger partial charge is 0.416 e. The van der Waals surface area contributed by atoms with Gasteiger partial charge in [-0.25, -0.2) is 0 Å². The van der Waals surface area contributed by atoms with Crippen LogP contribution in [0.15, 0.2) is 42.5 Å². The van der Waals surface area contributed by atoms with Crippen LogP contribution in [-0.4, -0.2) is 13.9 Å². The summed E-state index contributed by atoms with van der Waals surface area (Å²) in [6.45, 7) is 3.98. The average molecular weight is 324 g/mol. The van der Waals surface area contributed by atoms with Crippen molar-refractivity contribution in [1.82, 2.24) is 0 Å². The quantitative estimate of drug-likeness (QED) is 0.678. The van der Waals surface area contributed by atoms with E-state index in [-0.39, 0.29) is 12.7 Å². The third kappa shape index (κ3) is 4.05. The zero-order valence-electron chi connectivity index (χ0n) is 13.3. The largest absolute Gasteiger partial charge is 0.467 e. The molecule has 0 unspecified atom stereocenters. The summed E-state index contributed by atoms with van der Waals surface area (Å²) in [5, 5.41) is 0. The highest BCUT2D eigenvalue weighted by Crippen LogP contribution is 2.39. The van der Waals surface area contributed by atoms with E-state index in [0.717, 1.165) is 23.3 Å². The molecule has 0 fully saturated rings. The van der Waals surface area contributed by atoms with Gasteiger partial charge in [-0.05, 0) is 35.2 Å². The molecule has 0 heterocycles. The Kier molecular flexibility index (Phi) is 5.31. The van der Waals surface area contributed by atoms with E-state index >= 15 is 0 Å². The Morgan fingerprint density at radius 2 is 1.70 bits per heavy atom. The van der Waals surface area contributed by atoms with Gasteiger partial charge < -0.3 is 9.47 Å². The second kappa shape index (κ2) is 7.04. The Hall–Kier alpha value is -2.01. The molecule has 2 rings (SSSR count). The molecule has 2 nitrogen and oxygen atoms in total. The molecule has 0 bridgehead atoms. The molecule has 0 saturated heterocycles. The van der Waals surface area contributed by atoms with Crippen LogP contribution in [-0.2, 0) is 10.9 Å². The first-order valence-corrected chi connectivity index (χ1v) is 7.27. The van der Waals surface area contributed by atoms with Gasteiger partial charge in [0.05, 0.1) is 5.56 Å². The molecule has 0 spiro atoms. The van der Waals surface area contributed by atoms with E-state index in [2.05, 4.69) is 0 Å². The molecule has 0 aliphatic heterocycles. The minimum Gasteiger partial charge on any atom is -0.467 e. The van der Waals surface area contributed by atoms with Crippen molar-refractivity contribution >= 4 is 0 Å². The van der Waals surface area contributed by atoms with Gasteiger partial charge in [0.25, 0.3) is 0 Å². The molecular formula is C18H19F3O2. The molecule has 124 valence electrons. The van der Waals surface area contributed by atoms with Crippen molar-refractivity contribution in [2.45, 2.75) is 25.9 Å². The molecule has 0 saturated carbocycles. The second-order valence-electron chi connectivity index (χ2n) is 5.50. The van der Waals surface area contributed by atoms with Crippen molar-refractivity contribution < 1.29 is 22.6 Å². The summed E-state index contributed by atoms with van der Waals surface area (Å²) in [4.78, 5) is 0. The predicted octanol–water partition coefficient (Wildman–Crippen LogP) is 5.48. The number of hydrogen-bond donors (Lipinski definition) is 0. The zero-order valence-corrected chi connectivity index (χ0v) is 13.3. The van der Waals surface area contributed by atoms with Crippen LogP contribution in [0.25, 0.3) is 11.1 Å². The number of methoxy groups -OCH3 is 1. The lowest BCUT2D eigenvalue weighted by Gasteiger charge is -2.18. The molecule has 23 heavy (non-hydrogen) atoms. The number of rotatable bonds is 5. The number of hydrogen-bond acceptors (Lipinski definition) is 2. The number of alkyl halides is 3. The highest BCUT2D eigenvalue weighted by Gasteiger charge is 2.31. The normalized spacial score (nSPS) is 11.8. The van der Waals surface area contributed by atoms with Crippen LogP contribution in [0.5, 0.6) is 5.75 Å². The van der Waals surface area contributed by atoms with E-state index in [1.165, 1.54) is 13.2 Å². The third-order valence-corrected chi connectivity index (χ3v) is 3.51. The lowest BCUT2D eigenvalue weighted by atomic mass is 9.91. The molecule has 0 radical (unpaired) electrons. The summed E-state index contributed by atoms with van der Waals surface area (Å²) in [5.41, 5.74) is 1.42. The van der Waals surface area contributed by atoms with Gasteiger partial charge in [0.15, 0.2) is 6.79 Å². The maximum Gasteiger partial charge on any atom is 0.416 e. The minimum absolute atomic E-state index is 0.0256. The third-order valence-electron chi connectivity index (χ3n) is 3.51. The van der Waals surface area contributed by atoms with Gasteiger partial charge in [-0.3, -0.25) is 0 Å². The standard InChI is InChI=1S/C18H19F3O2/c1-12(2)14-6-4-5-7-15(14)16-10-13(18(19,20)21)8-9-17(16)23-11-22-3/h4-10,12H,11H2,1-3H3. The van der Waals surface area contributed by atoms with Crippen LogP contribution in [0.2, 0.25) is 0 Å². The monoisotopic (exact) mass is 324 g/mol. The van der Waals surface area contributed by atoms with Crippen LogP contribution in [0.1, 0.15) is 30.9 Å². The molecule has 0 aromatic heterocycles. The topological polar surface area (TPSA) is 18.5 Å². The molecule has 0 aliphatic rings. The van der Waals surface area contributed by atoms with E-state index in [1.807, 2.05) is 38.1 Å². The number of ether oxygens (including phenoxy) is 2. The van der Waals surface area contributed by atoms with Gasteiger partial charge in [-0.1, -0.05) is 38.1 Å². The van der Waals surface area contributed by atoms with E-state index in [4.69, 9.17) is 9.47 Å². The maximum atomic E-state index is 13.1. The highest BCUT2D eigenvalue weighted by atomic mass is 19.4. The first-order valence-electron chi connectivity index (χ1n) is 7.27. The van der Waals surface area contributed by atoms with Crippen LogP contribution in [0.3, 0.4) is 0 Å². The number of benzene rings is 2. The van der Waals surface area contributed by atoms with Crippen molar-refractivity contribution in [1.29, 1.82) is 0 Å². The fourth-order valence-corrected chi connectivity index (χ4v) is 2.41. The van der Waals surface area contributed by atoms with Gasteiger partial charge in [-0.15, -0.1) is 0 Å². The molecule has 5 heteroatoms. The molecular weight excluding hydrogens is 305 g/mol. The van der Waals surface area contributed by atoms with E-state index < -0.39 is 11.7 Å². The highest BCUT2D eigenvalue weighted by molar-refractivity contribution is 5.74. The maximum absolute atomic E-state index is 13.1. The second-order valence-corrected chi connectivity index (χ2v) is 5.50. The van der Waals surface area contributed by atoms with Gasteiger partial charge in [-0.2, -0.15) is 13.2 Å². The Morgan fingerprint density at radius 3 is 2.30 bits per heavy atom.